The molecule has 0 aliphatic carbocycles. The van der Waals surface area contributed by atoms with Crippen LogP contribution in [0.1, 0.15) is 42.5 Å². The molecule has 3 heteroatoms. The fourth-order valence-electron chi connectivity index (χ4n) is 2.66. The van der Waals surface area contributed by atoms with Gasteiger partial charge < -0.3 is 9.52 Å². The Morgan fingerprint density at radius 1 is 0.920 bits per heavy atom. The number of carbonyl (C=O) groups is 1. The zero-order chi connectivity index (χ0) is 18.0. The topological polar surface area (TPSA) is 50.4 Å². The number of rotatable bonds is 4. The van der Waals surface area contributed by atoms with Gasteiger partial charge in [0.25, 0.3) is 0 Å². The van der Waals surface area contributed by atoms with Crippen molar-refractivity contribution < 1.29 is 14.3 Å². The lowest BCUT2D eigenvalue weighted by molar-refractivity contribution is 0.0967. The van der Waals surface area contributed by atoms with Gasteiger partial charge in [0.05, 0.1) is 0 Å². The molecule has 1 heterocycles. The second-order valence-electron chi connectivity index (χ2n) is 7.26. The van der Waals surface area contributed by atoms with Crippen LogP contribution in [0.4, 0.5) is 0 Å². The summed E-state index contributed by atoms with van der Waals surface area (Å²) >= 11 is 0. The van der Waals surface area contributed by atoms with Crippen molar-refractivity contribution in [1.82, 2.24) is 0 Å². The maximum atomic E-state index is 12.4. The summed E-state index contributed by atoms with van der Waals surface area (Å²) in [5.74, 6) is 1.15. The van der Waals surface area contributed by atoms with Gasteiger partial charge in [-0.3, -0.25) is 4.79 Å². The Labute approximate surface area is 147 Å². The first-order valence-electron chi connectivity index (χ1n) is 8.35. The van der Waals surface area contributed by atoms with Crippen LogP contribution >= 0.6 is 0 Å². The van der Waals surface area contributed by atoms with Gasteiger partial charge in [-0.25, -0.2) is 0 Å². The SMILES string of the molecule is CC(C)(C)c1ccc(-c2ccc(C(=O)Cc3ccc(O)cc3)o2)cc1. The predicted molar refractivity (Wildman–Crippen MR) is 99.0 cm³/mol. The third kappa shape index (κ3) is 4.00. The lowest BCUT2D eigenvalue weighted by Crippen LogP contribution is -2.10. The van der Waals surface area contributed by atoms with Crippen molar-refractivity contribution in [3.63, 3.8) is 0 Å². The molecule has 1 N–H and O–H groups in total. The highest BCUT2D eigenvalue weighted by atomic mass is 16.3. The van der Waals surface area contributed by atoms with E-state index in [9.17, 15) is 9.90 Å². The van der Waals surface area contributed by atoms with E-state index in [0.717, 1.165) is 11.1 Å². The van der Waals surface area contributed by atoms with Crippen LogP contribution in [0.5, 0.6) is 5.75 Å². The Bertz CT molecular complexity index is 863. The summed E-state index contributed by atoms with van der Waals surface area (Å²) in [7, 11) is 0. The van der Waals surface area contributed by atoms with E-state index in [4.69, 9.17) is 4.42 Å². The van der Waals surface area contributed by atoms with Crippen LogP contribution in [-0.4, -0.2) is 10.9 Å². The Hall–Kier alpha value is -2.81. The highest BCUT2D eigenvalue weighted by molar-refractivity contribution is 5.95. The number of phenolic OH excluding ortho intramolecular Hbond substituents is 1. The third-order valence-corrected chi connectivity index (χ3v) is 4.22. The van der Waals surface area contributed by atoms with Crippen LogP contribution in [0.3, 0.4) is 0 Å². The molecule has 0 saturated carbocycles. The quantitative estimate of drug-likeness (QED) is 0.652. The van der Waals surface area contributed by atoms with Gasteiger partial charge in [0.1, 0.15) is 11.5 Å². The van der Waals surface area contributed by atoms with Crippen molar-refractivity contribution >= 4 is 5.78 Å². The minimum absolute atomic E-state index is 0.0803. The molecule has 0 aliphatic rings. The van der Waals surface area contributed by atoms with Crippen LogP contribution in [-0.2, 0) is 11.8 Å². The van der Waals surface area contributed by atoms with E-state index in [1.54, 1.807) is 30.3 Å². The number of hydrogen-bond donors (Lipinski definition) is 1. The molecule has 0 atom stereocenters. The summed E-state index contributed by atoms with van der Waals surface area (Å²) in [6.45, 7) is 6.53. The number of ketones is 1. The van der Waals surface area contributed by atoms with Gasteiger partial charge in [-0.2, -0.15) is 0 Å². The van der Waals surface area contributed by atoms with E-state index in [0.29, 0.717) is 11.5 Å². The van der Waals surface area contributed by atoms with Gasteiger partial charge in [-0.05, 0) is 40.8 Å². The summed E-state index contributed by atoms with van der Waals surface area (Å²) in [6.07, 6.45) is 0.246. The molecule has 0 aliphatic heterocycles. The van der Waals surface area contributed by atoms with Crippen molar-refractivity contribution in [2.24, 2.45) is 0 Å². The number of aromatic hydroxyl groups is 1. The maximum absolute atomic E-state index is 12.4. The molecule has 0 saturated heterocycles. The van der Waals surface area contributed by atoms with E-state index in [1.165, 1.54) is 5.56 Å². The van der Waals surface area contributed by atoms with Crippen molar-refractivity contribution in [3.05, 3.63) is 77.6 Å². The fourth-order valence-corrected chi connectivity index (χ4v) is 2.66. The molecule has 3 aromatic rings. The Balaban J connectivity index is 1.75. The standard InChI is InChI=1S/C22H22O3/c1-22(2,3)17-8-6-16(7-9-17)20-12-13-21(25-20)19(24)14-15-4-10-18(23)11-5-15/h4-13,23H,14H2,1-3H3. The minimum Gasteiger partial charge on any atom is -0.508 e. The van der Waals surface area contributed by atoms with Crippen molar-refractivity contribution in [1.29, 1.82) is 0 Å². The second kappa shape index (κ2) is 6.60. The smallest absolute Gasteiger partial charge is 0.202 e. The Morgan fingerprint density at radius 3 is 2.16 bits per heavy atom. The number of furan rings is 1. The lowest BCUT2D eigenvalue weighted by Gasteiger charge is -2.18. The molecule has 0 spiro atoms. The maximum Gasteiger partial charge on any atom is 0.202 e. The molecule has 25 heavy (non-hydrogen) atoms. The summed E-state index contributed by atoms with van der Waals surface area (Å²) in [5, 5.41) is 9.30. The predicted octanol–water partition coefficient (Wildman–Crippen LogP) is 5.38. The Morgan fingerprint density at radius 2 is 1.56 bits per heavy atom. The van der Waals surface area contributed by atoms with Gasteiger partial charge >= 0.3 is 0 Å². The summed E-state index contributed by atoms with van der Waals surface area (Å²) in [5.41, 5.74) is 3.16. The highest BCUT2D eigenvalue weighted by Gasteiger charge is 2.15. The number of carbonyl (C=O) groups excluding carboxylic acids is 1. The number of phenols is 1. The number of hydrogen-bond acceptors (Lipinski definition) is 3. The normalized spacial score (nSPS) is 11.5. The zero-order valence-electron chi connectivity index (χ0n) is 14.7. The molecule has 2 aromatic carbocycles. The van der Waals surface area contributed by atoms with Crippen molar-refractivity contribution in [2.45, 2.75) is 32.6 Å². The molecular weight excluding hydrogens is 312 g/mol. The molecular formula is C22H22O3. The molecule has 1 aromatic heterocycles. The molecule has 3 rings (SSSR count). The summed E-state index contributed by atoms with van der Waals surface area (Å²) in [4.78, 5) is 12.4. The van der Waals surface area contributed by atoms with E-state index in [2.05, 4.69) is 32.9 Å². The molecule has 0 radical (unpaired) electrons. The third-order valence-electron chi connectivity index (χ3n) is 4.22. The molecule has 0 bridgehead atoms. The Kier molecular flexibility index (Phi) is 4.49. The van der Waals surface area contributed by atoms with Gasteiger partial charge in [-0.1, -0.05) is 57.2 Å². The number of benzene rings is 2. The lowest BCUT2D eigenvalue weighted by atomic mass is 9.86. The largest absolute Gasteiger partial charge is 0.508 e. The first-order chi connectivity index (χ1) is 11.8. The van der Waals surface area contributed by atoms with Crippen LogP contribution in [0.2, 0.25) is 0 Å². The molecule has 0 fully saturated rings. The first kappa shape index (κ1) is 17.0. The minimum atomic E-state index is -0.0803. The van der Waals surface area contributed by atoms with E-state index in [1.807, 2.05) is 18.2 Å². The second-order valence-corrected chi connectivity index (χ2v) is 7.26. The average molecular weight is 334 g/mol. The molecule has 0 amide bonds. The van der Waals surface area contributed by atoms with Crippen LogP contribution in [0.25, 0.3) is 11.3 Å². The van der Waals surface area contributed by atoms with Gasteiger partial charge in [0.15, 0.2) is 5.76 Å². The first-order valence-corrected chi connectivity index (χ1v) is 8.35. The van der Waals surface area contributed by atoms with Crippen LogP contribution < -0.4 is 0 Å². The van der Waals surface area contributed by atoms with Crippen molar-refractivity contribution in [2.75, 3.05) is 0 Å². The molecule has 128 valence electrons. The monoisotopic (exact) mass is 334 g/mol. The number of Topliss-reactive ketones (excluding diaryl/α,β-unsaturated/α-hetero) is 1. The van der Waals surface area contributed by atoms with Crippen LogP contribution in [0, 0.1) is 0 Å². The summed E-state index contributed by atoms with van der Waals surface area (Å²) in [6, 6.07) is 18.4. The van der Waals surface area contributed by atoms with E-state index < -0.39 is 0 Å². The average Bonchev–Trinajstić information content (AvgIpc) is 3.06. The van der Waals surface area contributed by atoms with Gasteiger partial charge in [-0.15, -0.1) is 0 Å². The molecule has 0 unspecified atom stereocenters. The van der Waals surface area contributed by atoms with E-state index in [-0.39, 0.29) is 23.4 Å². The highest BCUT2D eigenvalue weighted by Crippen LogP contribution is 2.27. The van der Waals surface area contributed by atoms with E-state index >= 15 is 0 Å². The zero-order valence-corrected chi connectivity index (χ0v) is 14.7. The summed E-state index contributed by atoms with van der Waals surface area (Å²) < 4.78 is 5.75. The molecule has 3 nitrogen and oxygen atoms in total. The van der Waals surface area contributed by atoms with Crippen molar-refractivity contribution in [3.8, 4) is 17.1 Å². The fraction of sp³-hybridized carbons (Fsp3) is 0.227. The van der Waals surface area contributed by atoms with Crippen LogP contribution in [0.15, 0.2) is 65.1 Å². The van der Waals surface area contributed by atoms with Gasteiger partial charge in [0.2, 0.25) is 5.78 Å². The van der Waals surface area contributed by atoms with Gasteiger partial charge in [0, 0.05) is 12.0 Å².